The number of nitro benzene ring substituents is 1. The second kappa shape index (κ2) is 6.21. The Bertz CT molecular complexity index is 634. The molecule has 0 amide bonds. The van der Waals surface area contributed by atoms with Crippen LogP contribution in [-0.4, -0.2) is 17.0 Å². The highest BCUT2D eigenvalue weighted by molar-refractivity contribution is 6.32. The van der Waals surface area contributed by atoms with Crippen molar-refractivity contribution in [2.45, 2.75) is 6.61 Å². The summed E-state index contributed by atoms with van der Waals surface area (Å²) >= 11 is 5.94. The molecule has 6 nitrogen and oxygen atoms in total. The van der Waals surface area contributed by atoms with Crippen LogP contribution in [0.4, 0.5) is 11.5 Å². The molecule has 0 aliphatic carbocycles. The number of aromatic nitrogens is 1. The Morgan fingerprint density at radius 2 is 2.10 bits per heavy atom. The van der Waals surface area contributed by atoms with Gasteiger partial charge in [0.2, 0.25) is 5.75 Å². The van der Waals surface area contributed by atoms with E-state index in [-0.39, 0.29) is 23.1 Å². The molecule has 2 rings (SSSR count). The van der Waals surface area contributed by atoms with Crippen LogP contribution in [-0.2, 0) is 6.61 Å². The molecule has 104 valence electrons. The summed E-state index contributed by atoms with van der Waals surface area (Å²) in [7, 11) is 1.76. The number of nitrogens with zero attached hydrogens (tertiary/aromatic N) is 2. The SMILES string of the molecule is CNc1cccc(COc2c(Cl)cccc2[N+](=O)[O-])n1. The zero-order valence-electron chi connectivity index (χ0n) is 10.7. The van der Waals surface area contributed by atoms with Gasteiger partial charge in [0.05, 0.1) is 15.6 Å². The minimum absolute atomic E-state index is 0.0517. The highest BCUT2D eigenvalue weighted by Gasteiger charge is 2.18. The number of benzene rings is 1. The summed E-state index contributed by atoms with van der Waals surface area (Å²) in [6, 6.07) is 9.79. The Morgan fingerprint density at radius 1 is 1.35 bits per heavy atom. The molecule has 1 heterocycles. The van der Waals surface area contributed by atoms with Crippen LogP contribution in [0.3, 0.4) is 0 Å². The highest BCUT2D eigenvalue weighted by Crippen LogP contribution is 2.34. The number of hydrogen-bond donors (Lipinski definition) is 1. The van der Waals surface area contributed by atoms with Gasteiger partial charge in [-0.1, -0.05) is 23.7 Å². The number of hydrogen-bond acceptors (Lipinski definition) is 5. The lowest BCUT2D eigenvalue weighted by Crippen LogP contribution is -2.03. The second-order valence-electron chi connectivity index (χ2n) is 3.90. The summed E-state index contributed by atoms with van der Waals surface area (Å²) in [4.78, 5) is 14.7. The number of ether oxygens (including phenoxy) is 1. The van der Waals surface area contributed by atoms with Crippen LogP contribution in [0.5, 0.6) is 5.75 Å². The van der Waals surface area contributed by atoms with E-state index in [1.54, 1.807) is 25.2 Å². The molecule has 1 N–H and O–H groups in total. The van der Waals surface area contributed by atoms with Crippen molar-refractivity contribution in [2.24, 2.45) is 0 Å². The fourth-order valence-electron chi connectivity index (χ4n) is 1.63. The normalized spacial score (nSPS) is 10.1. The third-order valence-electron chi connectivity index (χ3n) is 2.57. The number of para-hydroxylation sites is 1. The van der Waals surface area contributed by atoms with Gasteiger partial charge in [0.25, 0.3) is 0 Å². The molecule has 0 aliphatic heterocycles. The van der Waals surface area contributed by atoms with Gasteiger partial charge in [-0.15, -0.1) is 0 Å². The zero-order valence-corrected chi connectivity index (χ0v) is 11.4. The maximum Gasteiger partial charge on any atom is 0.312 e. The van der Waals surface area contributed by atoms with E-state index in [9.17, 15) is 10.1 Å². The average molecular weight is 294 g/mol. The Hall–Kier alpha value is -2.34. The number of nitro groups is 1. The molecular formula is C13H12ClN3O3. The van der Waals surface area contributed by atoms with Crippen molar-refractivity contribution in [1.29, 1.82) is 0 Å². The van der Waals surface area contributed by atoms with Crippen molar-refractivity contribution in [3.05, 3.63) is 57.2 Å². The minimum atomic E-state index is -0.529. The van der Waals surface area contributed by atoms with Crippen LogP contribution in [0, 0.1) is 10.1 Å². The van der Waals surface area contributed by atoms with Gasteiger partial charge in [-0.3, -0.25) is 10.1 Å². The Morgan fingerprint density at radius 3 is 2.80 bits per heavy atom. The monoisotopic (exact) mass is 293 g/mol. The zero-order chi connectivity index (χ0) is 14.5. The van der Waals surface area contributed by atoms with Crippen molar-refractivity contribution in [3.8, 4) is 5.75 Å². The van der Waals surface area contributed by atoms with E-state index >= 15 is 0 Å². The smallest absolute Gasteiger partial charge is 0.312 e. The number of anilines is 1. The molecule has 0 atom stereocenters. The van der Waals surface area contributed by atoms with Crippen molar-refractivity contribution < 1.29 is 9.66 Å². The number of halogens is 1. The molecular weight excluding hydrogens is 282 g/mol. The summed E-state index contributed by atoms with van der Waals surface area (Å²) in [5.41, 5.74) is 0.480. The summed E-state index contributed by atoms with van der Waals surface area (Å²) in [5, 5.41) is 14.0. The molecule has 0 unspecified atom stereocenters. The number of pyridine rings is 1. The van der Waals surface area contributed by atoms with Crippen LogP contribution in [0.25, 0.3) is 0 Å². The first kappa shape index (κ1) is 14.1. The van der Waals surface area contributed by atoms with E-state index in [4.69, 9.17) is 16.3 Å². The third-order valence-corrected chi connectivity index (χ3v) is 2.87. The molecule has 1 aromatic carbocycles. The molecule has 0 aliphatic rings. The van der Waals surface area contributed by atoms with Crippen LogP contribution in [0.15, 0.2) is 36.4 Å². The predicted octanol–water partition coefficient (Wildman–Crippen LogP) is 3.26. The van der Waals surface area contributed by atoms with Gasteiger partial charge in [0.15, 0.2) is 0 Å². The van der Waals surface area contributed by atoms with Crippen molar-refractivity contribution in [2.75, 3.05) is 12.4 Å². The topological polar surface area (TPSA) is 77.3 Å². The minimum Gasteiger partial charge on any atom is -0.479 e. The Labute approximate surface area is 120 Å². The first-order valence-corrected chi connectivity index (χ1v) is 6.19. The Kier molecular flexibility index (Phi) is 4.37. The molecule has 2 aromatic rings. The van der Waals surface area contributed by atoms with Crippen LogP contribution >= 0.6 is 11.6 Å². The number of nitrogens with one attached hydrogen (secondary N) is 1. The van der Waals surface area contributed by atoms with Crippen molar-refractivity contribution in [3.63, 3.8) is 0 Å². The lowest BCUT2D eigenvalue weighted by atomic mass is 10.3. The lowest BCUT2D eigenvalue weighted by molar-refractivity contribution is -0.385. The van der Waals surface area contributed by atoms with Crippen LogP contribution in [0.2, 0.25) is 5.02 Å². The van der Waals surface area contributed by atoms with Gasteiger partial charge in [-0.25, -0.2) is 4.98 Å². The van der Waals surface area contributed by atoms with E-state index in [1.807, 2.05) is 6.07 Å². The van der Waals surface area contributed by atoms with E-state index in [0.29, 0.717) is 11.5 Å². The quantitative estimate of drug-likeness (QED) is 0.676. The molecule has 0 fully saturated rings. The van der Waals surface area contributed by atoms with Gasteiger partial charge < -0.3 is 10.1 Å². The van der Waals surface area contributed by atoms with Crippen LogP contribution in [0.1, 0.15) is 5.69 Å². The first-order valence-electron chi connectivity index (χ1n) is 5.81. The summed E-state index contributed by atoms with van der Waals surface area (Å²) in [6.07, 6.45) is 0. The van der Waals surface area contributed by atoms with Gasteiger partial charge >= 0.3 is 5.69 Å². The third kappa shape index (κ3) is 3.16. The first-order chi connectivity index (χ1) is 9.61. The maximum atomic E-state index is 10.9. The fourth-order valence-corrected chi connectivity index (χ4v) is 1.85. The van der Waals surface area contributed by atoms with E-state index in [2.05, 4.69) is 10.3 Å². The molecule has 0 bridgehead atoms. The highest BCUT2D eigenvalue weighted by atomic mass is 35.5. The number of rotatable bonds is 5. The van der Waals surface area contributed by atoms with Crippen molar-refractivity contribution >= 4 is 23.1 Å². The molecule has 0 radical (unpaired) electrons. The fraction of sp³-hybridized carbons (Fsp3) is 0.154. The summed E-state index contributed by atoms with van der Waals surface area (Å²) in [5.74, 6) is 0.746. The standard InChI is InChI=1S/C13H12ClN3O3/c1-15-12-7-2-4-9(16-12)8-20-13-10(14)5-3-6-11(13)17(18)19/h2-7H,8H2,1H3,(H,15,16). The summed E-state index contributed by atoms with van der Waals surface area (Å²) in [6.45, 7) is 0.0973. The maximum absolute atomic E-state index is 10.9. The molecule has 0 spiro atoms. The van der Waals surface area contributed by atoms with Crippen molar-refractivity contribution in [1.82, 2.24) is 4.98 Å². The molecule has 1 aromatic heterocycles. The van der Waals surface area contributed by atoms with E-state index in [1.165, 1.54) is 12.1 Å². The molecule has 0 saturated heterocycles. The average Bonchev–Trinajstić information content (AvgIpc) is 2.45. The van der Waals surface area contributed by atoms with Gasteiger partial charge in [-0.2, -0.15) is 0 Å². The Balaban J connectivity index is 2.20. The molecule has 7 heteroatoms. The van der Waals surface area contributed by atoms with Crippen LogP contribution < -0.4 is 10.1 Å². The molecule has 20 heavy (non-hydrogen) atoms. The van der Waals surface area contributed by atoms with E-state index in [0.717, 1.165) is 0 Å². The van der Waals surface area contributed by atoms with E-state index < -0.39 is 4.92 Å². The summed E-state index contributed by atoms with van der Waals surface area (Å²) < 4.78 is 5.45. The van der Waals surface area contributed by atoms with Gasteiger partial charge in [-0.05, 0) is 18.2 Å². The van der Waals surface area contributed by atoms with Gasteiger partial charge in [0, 0.05) is 13.1 Å². The second-order valence-corrected chi connectivity index (χ2v) is 4.31. The van der Waals surface area contributed by atoms with Gasteiger partial charge in [0.1, 0.15) is 12.4 Å². The molecule has 0 saturated carbocycles. The lowest BCUT2D eigenvalue weighted by Gasteiger charge is -2.08. The largest absolute Gasteiger partial charge is 0.479 e. The predicted molar refractivity (Wildman–Crippen MR) is 76.2 cm³/mol.